The van der Waals surface area contributed by atoms with E-state index in [1.54, 1.807) is 0 Å². The SMILES string of the molecule is C1=CCC2C(=C1)Oc1c(Nc3ccc(-c4ccccc4)cc3)cccc12. The lowest BCUT2D eigenvalue weighted by Crippen LogP contribution is -1.99. The van der Waals surface area contributed by atoms with Crippen LogP contribution in [0.5, 0.6) is 5.75 Å². The highest BCUT2D eigenvalue weighted by atomic mass is 16.5. The van der Waals surface area contributed by atoms with Gasteiger partial charge in [0.2, 0.25) is 0 Å². The van der Waals surface area contributed by atoms with Gasteiger partial charge in [0.1, 0.15) is 5.76 Å². The molecule has 3 aromatic rings. The lowest BCUT2D eigenvalue weighted by molar-refractivity contribution is 0.427. The molecule has 3 aromatic carbocycles. The van der Waals surface area contributed by atoms with E-state index in [4.69, 9.17) is 4.74 Å². The number of hydrogen-bond acceptors (Lipinski definition) is 2. The zero-order valence-electron chi connectivity index (χ0n) is 14.4. The fourth-order valence-corrected chi connectivity index (χ4v) is 3.69. The Balaban J connectivity index is 1.42. The van der Waals surface area contributed by atoms with Gasteiger partial charge in [-0.3, -0.25) is 0 Å². The van der Waals surface area contributed by atoms with Gasteiger partial charge in [0.15, 0.2) is 5.75 Å². The van der Waals surface area contributed by atoms with Gasteiger partial charge in [-0.1, -0.05) is 66.7 Å². The average Bonchev–Trinajstić information content (AvgIpc) is 3.09. The summed E-state index contributed by atoms with van der Waals surface area (Å²) in [5.41, 5.74) is 5.79. The number of rotatable bonds is 3. The van der Waals surface area contributed by atoms with Crippen molar-refractivity contribution in [1.82, 2.24) is 0 Å². The Morgan fingerprint density at radius 2 is 1.62 bits per heavy atom. The van der Waals surface area contributed by atoms with Crippen LogP contribution in [-0.4, -0.2) is 0 Å². The van der Waals surface area contributed by atoms with Gasteiger partial charge in [0, 0.05) is 17.2 Å². The summed E-state index contributed by atoms with van der Waals surface area (Å²) in [6, 6.07) is 25.3. The van der Waals surface area contributed by atoms with Gasteiger partial charge in [0.25, 0.3) is 0 Å². The molecule has 0 saturated heterocycles. The van der Waals surface area contributed by atoms with E-state index >= 15 is 0 Å². The van der Waals surface area contributed by atoms with Gasteiger partial charge in [-0.2, -0.15) is 0 Å². The van der Waals surface area contributed by atoms with Crippen LogP contribution in [0.25, 0.3) is 11.1 Å². The molecule has 0 amide bonds. The molecule has 26 heavy (non-hydrogen) atoms. The highest BCUT2D eigenvalue weighted by Gasteiger charge is 2.31. The van der Waals surface area contributed by atoms with Crippen molar-refractivity contribution >= 4 is 11.4 Å². The molecule has 126 valence electrons. The zero-order valence-corrected chi connectivity index (χ0v) is 14.4. The molecule has 0 aromatic heterocycles. The van der Waals surface area contributed by atoms with Crippen LogP contribution in [0.15, 0.2) is 96.8 Å². The summed E-state index contributed by atoms with van der Waals surface area (Å²) in [5, 5.41) is 3.52. The van der Waals surface area contributed by atoms with E-state index in [-0.39, 0.29) is 0 Å². The summed E-state index contributed by atoms with van der Waals surface area (Å²) in [7, 11) is 0. The molecule has 0 fully saturated rings. The quantitative estimate of drug-likeness (QED) is 0.595. The van der Waals surface area contributed by atoms with Crippen molar-refractivity contribution in [3.63, 3.8) is 0 Å². The maximum absolute atomic E-state index is 6.15. The van der Waals surface area contributed by atoms with E-state index in [1.807, 2.05) is 6.07 Å². The summed E-state index contributed by atoms with van der Waals surface area (Å²) in [5.74, 6) is 2.37. The van der Waals surface area contributed by atoms with Gasteiger partial charge < -0.3 is 10.1 Å². The molecule has 1 atom stereocenters. The first-order chi connectivity index (χ1) is 12.9. The normalized spacial score (nSPS) is 17.1. The monoisotopic (exact) mass is 337 g/mol. The first kappa shape index (κ1) is 15.0. The summed E-state index contributed by atoms with van der Waals surface area (Å²) in [6.45, 7) is 0. The maximum atomic E-state index is 6.15. The van der Waals surface area contributed by atoms with Crippen molar-refractivity contribution in [2.24, 2.45) is 0 Å². The number of nitrogens with one attached hydrogen (secondary N) is 1. The van der Waals surface area contributed by atoms with Crippen LogP contribution in [0.3, 0.4) is 0 Å². The second-order valence-electron chi connectivity index (χ2n) is 6.68. The fraction of sp³-hybridized carbons (Fsp3) is 0.0833. The van der Waals surface area contributed by atoms with Crippen LogP contribution in [0, 0.1) is 0 Å². The third-order valence-electron chi connectivity index (χ3n) is 5.02. The van der Waals surface area contributed by atoms with E-state index in [2.05, 4.69) is 90.3 Å². The number of para-hydroxylation sites is 1. The number of anilines is 2. The molecule has 2 nitrogen and oxygen atoms in total. The Bertz CT molecular complexity index is 1000. The van der Waals surface area contributed by atoms with Crippen molar-refractivity contribution in [3.8, 4) is 16.9 Å². The molecular weight excluding hydrogens is 318 g/mol. The summed E-state index contributed by atoms with van der Waals surface area (Å²) in [4.78, 5) is 0. The van der Waals surface area contributed by atoms with Crippen molar-refractivity contribution in [2.75, 3.05) is 5.32 Å². The van der Waals surface area contributed by atoms with Crippen LogP contribution >= 0.6 is 0 Å². The summed E-state index contributed by atoms with van der Waals surface area (Å²) in [6.07, 6.45) is 7.36. The van der Waals surface area contributed by atoms with Gasteiger partial charge in [0.05, 0.1) is 5.69 Å². The first-order valence-corrected chi connectivity index (χ1v) is 8.98. The summed E-state index contributed by atoms with van der Waals surface area (Å²) >= 11 is 0. The molecule has 0 saturated carbocycles. The molecule has 1 aliphatic carbocycles. The molecule has 0 bridgehead atoms. The molecule has 0 spiro atoms. The summed E-state index contributed by atoms with van der Waals surface area (Å²) < 4.78 is 6.15. The topological polar surface area (TPSA) is 21.3 Å². The predicted octanol–water partition coefficient (Wildman–Crippen LogP) is 6.42. The Hall–Kier alpha value is -3.26. The third kappa shape index (κ3) is 2.60. The standard InChI is InChI=1S/C24H19NO/c1-2-7-17(8-3-1)18-13-15-19(16-14-18)25-22-11-6-10-21-20-9-4-5-12-23(20)26-24(21)22/h1-8,10-16,20,25H,9H2. The van der Waals surface area contributed by atoms with Gasteiger partial charge in [-0.25, -0.2) is 0 Å². The van der Waals surface area contributed by atoms with Crippen molar-refractivity contribution < 1.29 is 4.74 Å². The second-order valence-corrected chi connectivity index (χ2v) is 6.68. The number of allylic oxidation sites excluding steroid dienone is 4. The van der Waals surface area contributed by atoms with Crippen LogP contribution in [0.2, 0.25) is 0 Å². The van der Waals surface area contributed by atoms with Gasteiger partial charge in [-0.05, 0) is 41.8 Å². The average molecular weight is 337 g/mol. The largest absolute Gasteiger partial charge is 0.459 e. The van der Waals surface area contributed by atoms with Crippen LogP contribution in [0.1, 0.15) is 17.9 Å². The Morgan fingerprint density at radius 3 is 2.46 bits per heavy atom. The molecule has 0 radical (unpaired) electrons. The molecule has 2 heteroatoms. The minimum Gasteiger partial charge on any atom is -0.459 e. The van der Waals surface area contributed by atoms with E-state index in [1.165, 1.54) is 16.7 Å². The van der Waals surface area contributed by atoms with Gasteiger partial charge >= 0.3 is 0 Å². The number of hydrogen-bond donors (Lipinski definition) is 1. The van der Waals surface area contributed by atoms with E-state index in [0.29, 0.717) is 5.92 Å². The number of fused-ring (bicyclic) bond motifs is 3. The minimum atomic E-state index is 0.359. The lowest BCUT2D eigenvalue weighted by atomic mass is 9.92. The smallest absolute Gasteiger partial charge is 0.154 e. The lowest BCUT2D eigenvalue weighted by Gasteiger charge is -2.11. The van der Waals surface area contributed by atoms with E-state index < -0.39 is 0 Å². The first-order valence-electron chi connectivity index (χ1n) is 8.98. The molecule has 5 rings (SSSR count). The Labute approximate surface area is 153 Å². The molecule has 1 unspecified atom stereocenters. The number of benzene rings is 3. The number of ether oxygens (including phenoxy) is 1. The van der Waals surface area contributed by atoms with Crippen LogP contribution in [-0.2, 0) is 0 Å². The highest BCUT2D eigenvalue weighted by molar-refractivity contribution is 5.73. The van der Waals surface area contributed by atoms with Gasteiger partial charge in [-0.15, -0.1) is 0 Å². The molecule has 1 aliphatic heterocycles. The second kappa shape index (κ2) is 6.23. The maximum Gasteiger partial charge on any atom is 0.154 e. The fourth-order valence-electron chi connectivity index (χ4n) is 3.69. The molecule has 2 aliphatic rings. The molecule has 1 N–H and O–H groups in total. The Morgan fingerprint density at radius 1 is 0.808 bits per heavy atom. The van der Waals surface area contributed by atoms with Crippen LogP contribution < -0.4 is 10.1 Å². The van der Waals surface area contributed by atoms with E-state index in [0.717, 1.165) is 29.3 Å². The third-order valence-corrected chi connectivity index (χ3v) is 5.02. The predicted molar refractivity (Wildman–Crippen MR) is 107 cm³/mol. The highest BCUT2D eigenvalue weighted by Crippen LogP contribution is 2.48. The minimum absolute atomic E-state index is 0.359. The Kier molecular flexibility index (Phi) is 3.60. The van der Waals surface area contributed by atoms with Crippen LogP contribution in [0.4, 0.5) is 11.4 Å². The molecule has 1 heterocycles. The van der Waals surface area contributed by atoms with Crippen molar-refractivity contribution in [3.05, 3.63) is 102 Å². The molecular formula is C24H19NO. The van der Waals surface area contributed by atoms with Crippen molar-refractivity contribution in [1.29, 1.82) is 0 Å². The van der Waals surface area contributed by atoms with Crippen molar-refractivity contribution in [2.45, 2.75) is 12.3 Å². The zero-order chi connectivity index (χ0) is 17.3. The van der Waals surface area contributed by atoms with E-state index in [9.17, 15) is 0 Å².